The van der Waals surface area contributed by atoms with Gasteiger partial charge in [-0.3, -0.25) is 4.79 Å². The van der Waals surface area contributed by atoms with Crippen LogP contribution < -0.4 is 14.8 Å². The molecule has 0 radical (unpaired) electrons. The maximum absolute atomic E-state index is 11.4. The van der Waals surface area contributed by atoms with E-state index in [1.165, 1.54) is 11.1 Å². The van der Waals surface area contributed by atoms with E-state index in [-0.39, 0.29) is 23.7 Å². The molecular weight excluding hydrogens is 467 g/mol. The second-order valence-electron chi connectivity index (χ2n) is 11.0. The van der Waals surface area contributed by atoms with Crippen molar-refractivity contribution in [2.24, 2.45) is 11.3 Å². The number of carboxylic acid groups (broad SMARTS) is 1. The van der Waals surface area contributed by atoms with Crippen LogP contribution in [-0.2, 0) is 17.8 Å². The third-order valence-corrected chi connectivity index (χ3v) is 6.84. The zero-order valence-electron chi connectivity index (χ0n) is 22.3. The van der Waals surface area contributed by atoms with Gasteiger partial charge in [0.15, 0.2) is 0 Å². The van der Waals surface area contributed by atoms with Gasteiger partial charge in [-0.05, 0) is 81.1 Å². The van der Waals surface area contributed by atoms with Gasteiger partial charge >= 0.3 is 5.97 Å². The highest BCUT2D eigenvalue weighted by Gasteiger charge is 2.20. The Kier molecular flexibility index (Phi) is 9.19. The Balaban J connectivity index is 1.88. The minimum absolute atomic E-state index is 0.0240. The van der Waals surface area contributed by atoms with E-state index in [1.54, 1.807) is 7.11 Å². The summed E-state index contributed by atoms with van der Waals surface area (Å²) in [6.45, 7) is 11.3. The summed E-state index contributed by atoms with van der Waals surface area (Å²) in [5, 5.41) is 10.5. The molecule has 0 fully saturated rings. The van der Waals surface area contributed by atoms with Crippen molar-refractivity contribution in [1.82, 2.24) is 0 Å². The highest BCUT2D eigenvalue weighted by Crippen LogP contribution is 2.34. The molecule has 2 unspecified atom stereocenters. The molecule has 0 heterocycles. The molecule has 0 spiro atoms. The number of aliphatic carboxylic acids is 1. The molecule has 0 aliphatic carbocycles. The molecule has 0 bridgehead atoms. The van der Waals surface area contributed by atoms with Gasteiger partial charge in [0, 0.05) is 0 Å². The van der Waals surface area contributed by atoms with Crippen LogP contribution in [0.4, 0.5) is 0 Å². The second-order valence-corrected chi connectivity index (χ2v) is 11.6. The van der Waals surface area contributed by atoms with Gasteiger partial charge in [-0.1, -0.05) is 71.0 Å². The molecule has 36 heavy (non-hydrogen) atoms. The number of carboxylic acids is 1. The van der Waals surface area contributed by atoms with E-state index in [9.17, 15) is 9.90 Å². The molecule has 5 heteroatoms. The van der Waals surface area contributed by atoms with Crippen LogP contribution in [0.15, 0.2) is 60.7 Å². The van der Waals surface area contributed by atoms with Gasteiger partial charge in [0.2, 0.25) is 0 Å². The lowest BCUT2D eigenvalue weighted by atomic mass is 9.84. The SMILES string of the molecule is COc1ccc(P)c(-c2ccc(OCc3cccc(C(CC(=O)O)C(C)C)c3)cc2CC(C)(C)C)c1. The van der Waals surface area contributed by atoms with Gasteiger partial charge in [-0.25, -0.2) is 0 Å². The molecule has 0 aliphatic rings. The average Bonchev–Trinajstić information content (AvgIpc) is 2.81. The molecule has 0 saturated heterocycles. The standard InChI is InChI=1S/C31H39O4P/c1-20(2)27(17-30(32)33)22-9-7-8-21(14-22)19-35-25-10-12-26(23(15-25)18-31(3,4)5)28-16-24(34-6)11-13-29(28)36/h7-16,20,27H,17-19,36H2,1-6H3,(H,32,33). The zero-order chi connectivity index (χ0) is 26.5. The van der Waals surface area contributed by atoms with E-state index in [4.69, 9.17) is 9.47 Å². The number of hydrogen-bond acceptors (Lipinski definition) is 3. The van der Waals surface area contributed by atoms with Crippen LogP contribution in [0.25, 0.3) is 11.1 Å². The van der Waals surface area contributed by atoms with Gasteiger partial charge in [-0.15, -0.1) is 9.24 Å². The zero-order valence-corrected chi connectivity index (χ0v) is 23.5. The van der Waals surface area contributed by atoms with E-state index < -0.39 is 5.97 Å². The predicted octanol–water partition coefficient (Wildman–Crippen LogP) is 7.24. The smallest absolute Gasteiger partial charge is 0.303 e. The summed E-state index contributed by atoms with van der Waals surface area (Å²) < 4.78 is 11.7. The fraction of sp³-hybridized carbons (Fsp3) is 0.387. The van der Waals surface area contributed by atoms with E-state index in [0.717, 1.165) is 39.9 Å². The summed E-state index contributed by atoms with van der Waals surface area (Å²) in [6.07, 6.45) is 1.03. The average molecular weight is 507 g/mol. The lowest BCUT2D eigenvalue weighted by Gasteiger charge is -2.22. The minimum Gasteiger partial charge on any atom is -0.497 e. The summed E-state index contributed by atoms with van der Waals surface area (Å²) in [7, 11) is 4.52. The molecule has 2 atom stereocenters. The van der Waals surface area contributed by atoms with Crippen molar-refractivity contribution < 1.29 is 19.4 Å². The lowest BCUT2D eigenvalue weighted by Crippen LogP contribution is -2.12. The summed E-state index contributed by atoms with van der Waals surface area (Å²) in [5.74, 6) is 1.10. The molecule has 3 aromatic carbocycles. The van der Waals surface area contributed by atoms with E-state index in [1.807, 2.05) is 30.3 Å². The second kappa shape index (κ2) is 11.9. The first kappa shape index (κ1) is 27.7. The van der Waals surface area contributed by atoms with Crippen molar-refractivity contribution in [1.29, 1.82) is 0 Å². The maximum atomic E-state index is 11.4. The van der Waals surface area contributed by atoms with Crippen LogP contribution in [0, 0.1) is 11.3 Å². The van der Waals surface area contributed by atoms with Crippen molar-refractivity contribution in [3.05, 3.63) is 77.4 Å². The van der Waals surface area contributed by atoms with Gasteiger partial charge in [0.05, 0.1) is 13.5 Å². The molecule has 4 nitrogen and oxygen atoms in total. The van der Waals surface area contributed by atoms with Crippen molar-refractivity contribution in [2.45, 2.75) is 60.0 Å². The van der Waals surface area contributed by atoms with E-state index >= 15 is 0 Å². The molecule has 1 N–H and O–H groups in total. The monoisotopic (exact) mass is 506 g/mol. The molecule has 3 rings (SSSR count). The minimum atomic E-state index is -0.772. The summed E-state index contributed by atoms with van der Waals surface area (Å²) in [6, 6.07) is 20.5. The fourth-order valence-electron chi connectivity index (χ4n) is 4.54. The number of ether oxygens (including phenoxy) is 2. The Morgan fingerprint density at radius 2 is 1.69 bits per heavy atom. The van der Waals surface area contributed by atoms with Crippen molar-refractivity contribution in [3.8, 4) is 22.6 Å². The van der Waals surface area contributed by atoms with Gasteiger partial charge < -0.3 is 14.6 Å². The molecular formula is C31H39O4P. The highest BCUT2D eigenvalue weighted by molar-refractivity contribution is 7.28. The number of methoxy groups -OCH3 is 1. The van der Waals surface area contributed by atoms with Gasteiger partial charge in [0.1, 0.15) is 18.1 Å². The fourth-order valence-corrected chi connectivity index (χ4v) is 4.88. The van der Waals surface area contributed by atoms with Crippen LogP contribution in [0.1, 0.15) is 63.6 Å². The Bertz CT molecular complexity index is 1190. The van der Waals surface area contributed by atoms with Crippen LogP contribution in [0.5, 0.6) is 11.5 Å². The van der Waals surface area contributed by atoms with E-state index in [2.05, 4.69) is 74.2 Å². The van der Waals surface area contributed by atoms with Crippen molar-refractivity contribution in [3.63, 3.8) is 0 Å². The normalized spacial score (nSPS) is 12.4. The Morgan fingerprint density at radius 1 is 0.972 bits per heavy atom. The number of rotatable bonds is 10. The first-order valence-corrected chi connectivity index (χ1v) is 13.0. The van der Waals surface area contributed by atoms with Crippen molar-refractivity contribution in [2.75, 3.05) is 7.11 Å². The maximum Gasteiger partial charge on any atom is 0.303 e. The largest absolute Gasteiger partial charge is 0.497 e. The first-order chi connectivity index (χ1) is 17.0. The molecule has 0 amide bonds. The molecule has 0 aliphatic heterocycles. The molecule has 192 valence electrons. The van der Waals surface area contributed by atoms with Crippen LogP contribution in [0.3, 0.4) is 0 Å². The summed E-state index contributed by atoms with van der Waals surface area (Å²) in [4.78, 5) is 11.4. The third kappa shape index (κ3) is 7.58. The third-order valence-electron chi connectivity index (χ3n) is 6.33. The number of hydrogen-bond donors (Lipinski definition) is 1. The number of benzene rings is 3. The lowest BCUT2D eigenvalue weighted by molar-refractivity contribution is -0.137. The Hall–Kier alpha value is -2.84. The quantitative estimate of drug-likeness (QED) is 0.294. The van der Waals surface area contributed by atoms with Crippen LogP contribution in [0.2, 0.25) is 0 Å². The van der Waals surface area contributed by atoms with Crippen LogP contribution >= 0.6 is 9.24 Å². The van der Waals surface area contributed by atoms with E-state index in [0.29, 0.717) is 6.61 Å². The Labute approximate surface area is 218 Å². The van der Waals surface area contributed by atoms with Crippen molar-refractivity contribution >= 4 is 20.5 Å². The van der Waals surface area contributed by atoms with Crippen LogP contribution in [-0.4, -0.2) is 18.2 Å². The number of carbonyl (C=O) groups is 1. The predicted molar refractivity (Wildman–Crippen MR) is 152 cm³/mol. The Morgan fingerprint density at radius 3 is 2.33 bits per heavy atom. The summed E-state index contributed by atoms with van der Waals surface area (Å²) in [5.41, 5.74) is 5.73. The van der Waals surface area contributed by atoms with Gasteiger partial charge in [0.25, 0.3) is 0 Å². The molecule has 0 saturated carbocycles. The molecule has 3 aromatic rings. The summed E-state index contributed by atoms with van der Waals surface area (Å²) >= 11 is 0. The van der Waals surface area contributed by atoms with Gasteiger partial charge in [-0.2, -0.15) is 0 Å². The topological polar surface area (TPSA) is 55.8 Å². The first-order valence-electron chi connectivity index (χ1n) is 12.5. The highest BCUT2D eigenvalue weighted by atomic mass is 31.0. The molecule has 0 aromatic heterocycles.